The summed E-state index contributed by atoms with van der Waals surface area (Å²) in [5.41, 5.74) is 0.757. The number of hydrogen-bond acceptors (Lipinski definition) is 3. The zero-order valence-electron chi connectivity index (χ0n) is 13.8. The summed E-state index contributed by atoms with van der Waals surface area (Å²) in [5.74, 6) is 0.269. The Morgan fingerprint density at radius 3 is 2.79 bits per heavy atom. The first-order valence-electron chi connectivity index (χ1n) is 8.31. The first-order chi connectivity index (χ1) is 11.6. The van der Waals surface area contributed by atoms with Crippen molar-refractivity contribution in [3.63, 3.8) is 0 Å². The van der Waals surface area contributed by atoms with Crippen molar-refractivity contribution in [2.45, 2.75) is 6.04 Å². The number of aliphatic imine (C=N–C) groups is 1. The minimum absolute atomic E-state index is 0.269. The van der Waals surface area contributed by atoms with E-state index >= 15 is 0 Å². The maximum absolute atomic E-state index is 9.94. The summed E-state index contributed by atoms with van der Waals surface area (Å²) in [5, 5.41) is 12.1. The average molecular weight is 410 g/mol. The molecule has 4 nitrogen and oxygen atoms in total. The minimum atomic E-state index is 0.269. The molecule has 1 aliphatic rings. The first kappa shape index (κ1) is 17.6. The van der Waals surface area contributed by atoms with Gasteiger partial charge < -0.3 is 14.9 Å². The number of phenolic OH excluding ortho intramolecular Hbond substituents is 1. The van der Waals surface area contributed by atoms with Crippen molar-refractivity contribution >= 4 is 33.5 Å². The van der Waals surface area contributed by atoms with Crippen LogP contribution in [-0.2, 0) is 0 Å². The second kappa shape index (κ2) is 8.25. The van der Waals surface area contributed by atoms with E-state index in [1.807, 2.05) is 23.5 Å². The highest BCUT2D eigenvalue weighted by molar-refractivity contribution is 9.10. The van der Waals surface area contributed by atoms with Crippen LogP contribution in [0.1, 0.15) is 16.5 Å². The number of nitrogens with one attached hydrogen (secondary N) is 2. The van der Waals surface area contributed by atoms with Crippen molar-refractivity contribution in [1.29, 1.82) is 0 Å². The van der Waals surface area contributed by atoms with E-state index in [2.05, 4.69) is 45.5 Å². The van der Waals surface area contributed by atoms with E-state index in [-0.39, 0.29) is 5.75 Å². The Morgan fingerprint density at radius 1 is 1.29 bits per heavy atom. The number of thiophene rings is 1. The smallest absolute Gasteiger partial charge is 0.142 e. The van der Waals surface area contributed by atoms with Gasteiger partial charge in [-0.3, -0.25) is 4.99 Å². The van der Waals surface area contributed by atoms with Crippen molar-refractivity contribution in [3.05, 3.63) is 50.6 Å². The third kappa shape index (κ3) is 4.45. The van der Waals surface area contributed by atoms with E-state index in [4.69, 9.17) is 0 Å². The molecule has 0 spiro atoms. The zero-order chi connectivity index (χ0) is 16.9. The van der Waals surface area contributed by atoms with Gasteiger partial charge in [-0.25, -0.2) is 0 Å². The van der Waals surface area contributed by atoms with Crippen LogP contribution in [0.25, 0.3) is 0 Å². The number of hydrogen-bond donors (Lipinski definition) is 3. The fourth-order valence-corrected chi connectivity index (χ4v) is 4.40. The summed E-state index contributed by atoms with van der Waals surface area (Å²) >= 11 is 5.26. The van der Waals surface area contributed by atoms with Gasteiger partial charge >= 0.3 is 0 Å². The molecular formula is C18H24BrN3OS+2. The van der Waals surface area contributed by atoms with Crippen molar-refractivity contribution in [2.75, 3.05) is 39.8 Å². The van der Waals surface area contributed by atoms with E-state index < -0.39 is 0 Å². The van der Waals surface area contributed by atoms with Gasteiger partial charge in [0.1, 0.15) is 38.0 Å². The highest BCUT2D eigenvalue weighted by atomic mass is 79.9. The Kier molecular flexibility index (Phi) is 6.05. The molecule has 1 saturated heterocycles. The number of quaternary nitrogens is 2. The van der Waals surface area contributed by atoms with Crippen LogP contribution in [0.4, 0.5) is 0 Å². The molecule has 0 unspecified atom stereocenters. The summed E-state index contributed by atoms with van der Waals surface area (Å²) < 4.78 is 0.948. The monoisotopic (exact) mass is 409 g/mol. The van der Waals surface area contributed by atoms with Crippen LogP contribution in [0.15, 0.2) is 45.2 Å². The first-order valence-corrected chi connectivity index (χ1v) is 9.98. The Bertz CT molecular complexity index is 682. The molecule has 1 atom stereocenters. The van der Waals surface area contributed by atoms with E-state index in [0.29, 0.717) is 6.04 Å². The van der Waals surface area contributed by atoms with Crippen molar-refractivity contribution in [3.8, 4) is 5.75 Å². The number of likely N-dealkylation sites (N-methyl/N-ethyl adjacent to an activating group) is 1. The standard InChI is InChI=1S/C18H22BrN3OS/c1-21-6-8-22(9-7-21)16(18-3-2-10-24-18)13-20-12-14-11-15(19)4-5-17(14)23/h2-5,10-12,16,23H,6-9,13H2,1H3/p+2/t16-/m0/s1. The Morgan fingerprint density at radius 2 is 2.08 bits per heavy atom. The molecule has 3 rings (SSSR count). The van der Waals surface area contributed by atoms with E-state index in [0.717, 1.165) is 16.6 Å². The topological polar surface area (TPSA) is 41.5 Å². The summed E-state index contributed by atoms with van der Waals surface area (Å²) in [6, 6.07) is 10.2. The number of nitrogens with zero attached hydrogens (tertiary/aromatic N) is 1. The highest BCUT2D eigenvalue weighted by Crippen LogP contribution is 2.21. The highest BCUT2D eigenvalue weighted by Gasteiger charge is 2.29. The van der Waals surface area contributed by atoms with Gasteiger partial charge in [0.2, 0.25) is 0 Å². The molecule has 3 N–H and O–H groups in total. The third-order valence-corrected chi connectivity index (χ3v) is 6.11. The molecule has 0 radical (unpaired) electrons. The number of halogens is 1. The summed E-state index contributed by atoms with van der Waals surface area (Å²) in [7, 11) is 2.27. The number of piperazine rings is 1. The lowest BCUT2D eigenvalue weighted by Gasteiger charge is -2.32. The maximum Gasteiger partial charge on any atom is 0.142 e. The average Bonchev–Trinajstić information content (AvgIpc) is 3.10. The summed E-state index contributed by atoms with van der Waals surface area (Å²) in [6.45, 7) is 5.56. The zero-order valence-corrected chi connectivity index (χ0v) is 16.2. The van der Waals surface area contributed by atoms with Gasteiger partial charge in [0, 0.05) is 16.3 Å². The van der Waals surface area contributed by atoms with Crippen LogP contribution in [-0.4, -0.2) is 51.1 Å². The Balaban J connectivity index is 1.72. The van der Waals surface area contributed by atoms with Crippen LogP contribution in [0.3, 0.4) is 0 Å². The van der Waals surface area contributed by atoms with Crippen LogP contribution < -0.4 is 9.80 Å². The number of rotatable bonds is 5. The molecule has 0 amide bonds. The molecule has 1 aliphatic heterocycles. The van der Waals surface area contributed by atoms with Crippen molar-refractivity contribution in [1.82, 2.24) is 0 Å². The SMILES string of the molecule is C[NH+]1CC[NH+]([C@@H](CN=Cc2cc(Br)ccc2O)c2cccs2)CC1. The van der Waals surface area contributed by atoms with Crippen LogP contribution in [0.5, 0.6) is 5.75 Å². The molecule has 24 heavy (non-hydrogen) atoms. The third-order valence-electron chi connectivity index (χ3n) is 4.63. The molecule has 0 saturated carbocycles. The van der Waals surface area contributed by atoms with E-state index in [1.54, 1.807) is 22.1 Å². The van der Waals surface area contributed by atoms with Crippen molar-refractivity contribution < 1.29 is 14.9 Å². The number of phenols is 1. The van der Waals surface area contributed by atoms with Gasteiger partial charge in [-0.05, 0) is 29.6 Å². The lowest BCUT2D eigenvalue weighted by molar-refractivity contribution is -1.02. The van der Waals surface area contributed by atoms with E-state index in [9.17, 15) is 5.11 Å². The van der Waals surface area contributed by atoms with Crippen molar-refractivity contribution in [2.24, 2.45) is 4.99 Å². The van der Waals surface area contributed by atoms with Gasteiger partial charge in [-0.1, -0.05) is 22.0 Å². The number of aromatic hydroxyl groups is 1. The fraction of sp³-hybridized carbons (Fsp3) is 0.389. The lowest BCUT2D eigenvalue weighted by atomic mass is 10.1. The summed E-state index contributed by atoms with van der Waals surface area (Å²) in [6.07, 6.45) is 1.79. The molecule has 0 aliphatic carbocycles. The van der Waals surface area contributed by atoms with Crippen LogP contribution in [0, 0.1) is 0 Å². The Hall–Kier alpha value is -1.21. The molecule has 1 aromatic carbocycles. The largest absolute Gasteiger partial charge is 0.507 e. The molecule has 1 fully saturated rings. The molecule has 2 heterocycles. The summed E-state index contributed by atoms with van der Waals surface area (Å²) in [4.78, 5) is 9.31. The quantitative estimate of drug-likeness (QED) is 0.627. The predicted molar refractivity (Wildman–Crippen MR) is 103 cm³/mol. The van der Waals surface area contributed by atoms with Crippen LogP contribution >= 0.6 is 27.3 Å². The fourth-order valence-electron chi connectivity index (χ4n) is 3.14. The lowest BCUT2D eigenvalue weighted by Crippen LogP contribution is -3.27. The van der Waals surface area contributed by atoms with Gasteiger partial charge in [-0.15, -0.1) is 11.3 Å². The molecular weight excluding hydrogens is 386 g/mol. The second-order valence-electron chi connectivity index (χ2n) is 6.38. The van der Waals surface area contributed by atoms with Gasteiger partial charge in [0.25, 0.3) is 0 Å². The molecule has 128 valence electrons. The normalized spacial score (nSPS) is 22.8. The van der Waals surface area contributed by atoms with Gasteiger partial charge in [-0.2, -0.15) is 0 Å². The van der Waals surface area contributed by atoms with Gasteiger partial charge in [0.15, 0.2) is 0 Å². The predicted octanol–water partition coefficient (Wildman–Crippen LogP) is 0.790. The van der Waals surface area contributed by atoms with Gasteiger partial charge in [0.05, 0.1) is 18.5 Å². The molecule has 1 aromatic heterocycles. The molecule has 2 aromatic rings. The second-order valence-corrected chi connectivity index (χ2v) is 8.28. The molecule has 6 heteroatoms. The molecule has 0 bridgehead atoms. The number of benzene rings is 1. The minimum Gasteiger partial charge on any atom is -0.507 e. The Labute approximate surface area is 155 Å². The van der Waals surface area contributed by atoms with E-state index in [1.165, 1.54) is 31.1 Å². The van der Waals surface area contributed by atoms with Crippen LogP contribution in [0.2, 0.25) is 0 Å². The maximum atomic E-state index is 9.94.